The summed E-state index contributed by atoms with van der Waals surface area (Å²) in [5.74, 6) is -0.514. The van der Waals surface area contributed by atoms with Crippen molar-refractivity contribution >= 4 is 12.0 Å². The van der Waals surface area contributed by atoms with Crippen LogP contribution in [-0.4, -0.2) is 40.6 Å². The van der Waals surface area contributed by atoms with Crippen LogP contribution in [0.1, 0.15) is 41.0 Å². The van der Waals surface area contributed by atoms with Crippen LogP contribution >= 0.6 is 0 Å². The molecule has 0 saturated carbocycles. The van der Waals surface area contributed by atoms with Crippen LogP contribution in [0.5, 0.6) is 0 Å². The van der Waals surface area contributed by atoms with E-state index in [9.17, 15) is 14.7 Å². The molecule has 1 aliphatic rings. The minimum Gasteiger partial charge on any atom is -0.480 e. The first-order valence-corrected chi connectivity index (χ1v) is 6.43. The van der Waals surface area contributed by atoms with Crippen molar-refractivity contribution in [3.8, 4) is 0 Å². The fraction of sp³-hybridized carbons (Fsp3) is 0.846. The van der Waals surface area contributed by atoms with Gasteiger partial charge in [-0.3, -0.25) is 0 Å². The predicted octanol–water partition coefficient (Wildman–Crippen LogP) is 1.93. The number of aliphatic carboxylic acids is 1. The Morgan fingerprint density at radius 1 is 1.33 bits per heavy atom. The van der Waals surface area contributed by atoms with Crippen LogP contribution in [0.2, 0.25) is 0 Å². The molecule has 0 bridgehead atoms. The fourth-order valence-electron chi connectivity index (χ4n) is 2.44. The molecule has 2 N–H and O–H groups in total. The molecule has 0 aromatic heterocycles. The maximum Gasteiger partial charge on any atom is 0.326 e. The van der Waals surface area contributed by atoms with E-state index in [1.165, 1.54) is 0 Å². The highest BCUT2D eigenvalue weighted by Gasteiger charge is 2.36. The zero-order chi connectivity index (χ0) is 14.1. The van der Waals surface area contributed by atoms with Gasteiger partial charge in [0.15, 0.2) is 0 Å². The Labute approximate surface area is 109 Å². The number of urea groups is 1. The number of nitrogens with zero attached hydrogens (tertiary/aromatic N) is 1. The Balaban J connectivity index is 2.71. The van der Waals surface area contributed by atoms with Gasteiger partial charge in [-0.2, -0.15) is 0 Å². The van der Waals surface area contributed by atoms with Crippen LogP contribution in [-0.2, 0) is 4.79 Å². The first-order valence-electron chi connectivity index (χ1n) is 6.43. The maximum atomic E-state index is 12.1. The summed E-state index contributed by atoms with van der Waals surface area (Å²) < 4.78 is 0. The van der Waals surface area contributed by atoms with Gasteiger partial charge < -0.3 is 15.3 Å². The van der Waals surface area contributed by atoms with Gasteiger partial charge in [0.2, 0.25) is 0 Å². The van der Waals surface area contributed by atoms with E-state index >= 15 is 0 Å². The second-order valence-electron chi connectivity index (χ2n) is 6.43. The highest BCUT2D eigenvalue weighted by molar-refractivity contribution is 5.83. The van der Waals surface area contributed by atoms with Crippen molar-refractivity contribution in [2.45, 2.75) is 53.1 Å². The number of carbonyl (C=O) groups is 2. The van der Waals surface area contributed by atoms with E-state index in [1.807, 2.05) is 27.7 Å². The van der Waals surface area contributed by atoms with Gasteiger partial charge in [0.25, 0.3) is 0 Å². The molecular weight excluding hydrogens is 232 g/mol. The number of rotatable bonds is 2. The standard InChI is InChI=1S/C13H24N2O3/c1-8-6-9(2)15(7-8)12(18)14-10(11(16)17)13(3,4)5/h8-10H,6-7H2,1-5H3,(H,14,18)(H,16,17). The van der Waals surface area contributed by atoms with E-state index in [1.54, 1.807) is 4.90 Å². The normalized spacial score (nSPS) is 25.9. The first-order chi connectivity index (χ1) is 8.12. The van der Waals surface area contributed by atoms with E-state index in [0.29, 0.717) is 12.5 Å². The minimum absolute atomic E-state index is 0.175. The number of carboxylic acids is 1. The van der Waals surface area contributed by atoms with E-state index in [0.717, 1.165) is 6.42 Å². The van der Waals surface area contributed by atoms with E-state index in [-0.39, 0.29) is 12.1 Å². The lowest BCUT2D eigenvalue weighted by Gasteiger charge is -2.31. The zero-order valence-corrected chi connectivity index (χ0v) is 11.9. The molecule has 2 amide bonds. The number of amides is 2. The quantitative estimate of drug-likeness (QED) is 0.793. The zero-order valence-electron chi connectivity index (χ0n) is 11.9. The fourth-order valence-corrected chi connectivity index (χ4v) is 2.44. The maximum absolute atomic E-state index is 12.1. The molecule has 3 unspecified atom stereocenters. The van der Waals surface area contributed by atoms with E-state index < -0.39 is 17.4 Å². The molecular formula is C13H24N2O3. The van der Waals surface area contributed by atoms with Gasteiger partial charge >= 0.3 is 12.0 Å². The highest BCUT2D eigenvalue weighted by Crippen LogP contribution is 2.24. The largest absolute Gasteiger partial charge is 0.480 e. The molecule has 5 heteroatoms. The number of carboxylic acid groups (broad SMARTS) is 1. The summed E-state index contributed by atoms with van der Waals surface area (Å²) in [6.45, 7) is 10.2. The van der Waals surface area contributed by atoms with Crippen molar-refractivity contribution in [3.63, 3.8) is 0 Å². The van der Waals surface area contributed by atoms with Crippen molar-refractivity contribution in [2.75, 3.05) is 6.54 Å². The van der Waals surface area contributed by atoms with Crippen LogP contribution in [0.4, 0.5) is 4.79 Å². The molecule has 104 valence electrons. The predicted molar refractivity (Wildman–Crippen MR) is 69.4 cm³/mol. The molecule has 0 aliphatic carbocycles. The van der Waals surface area contributed by atoms with Crippen molar-refractivity contribution < 1.29 is 14.7 Å². The Kier molecular flexibility index (Phi) is 4.24. The summed E-state index contributed by atoms with van der Waals surface area (Å²) in [4.78, 5) is 25.1. The average Bonchev–Trinajstić information content (AvgIpc) is 2.51. The summed E-state index contributed by atoms with van der Waals surface area (Å²) in [6.07, 6.45) is 0.973. The number of carbonyl (C=O) groups excluding carboxylic acids is 1. The monoisotopic (exact) mass is 256 g/mol. The first kappa shape index (κ1) is 14.8. The lowest BCUT2D eigenvalue weighted by molar-refractivity contribution is -0.142. The van der Waals surface area contributed by atoms with Crippen LogP contribution in [0.3, 0.4) is 0 Å². The minimum atomic E-state index is -0.990. The molecule has 5 nitrogen and oxygen atoms in total. The number of hydrogen-bond acceptors (Lipinski definition) is 2. The third-order valence-corrected chi connectivity index (χ3v) is 3.43. The molecule has 1 saturated heterocycles. The molecule has 0 aromatic rings. The van der Waals surface area contributed by atoms with Crippen molar-refractivity contribution in [1.29, 1.82) is 0 Å². The third kappa shape index (κ3) is 3.37. The second-order valence-corrected chi connectivity index (χ2v) is 6.43. The smallest absolute Gasteiger partial charge is 0.326 e. The summed E-state index contributed by atoms with van der Waals surface area (Å²) in [7, 11) is 0. The number of nitrogens with one attached hydrogen (secondary N) is 1. The van der Waals surface area contributed by atoms with Gasteiger partial charge in [-0.05, 0) is 24.7 Å². The Hall–Kier alpha value is -1.26. The van der Waals surface area contributed by atoms with Gasteiger partial charge in [-0.15, -0.1) is 0 Å². The number of likely N-dealkylation sites (tertiary alicyclic amines) is 1. The molecule has 0 radical (unpaired) electrons. The highest BCUT2D eigenvalue weighted by atomic mass is 16.4. The SMILES string of the molecule is CC1CC(C)N(C(=O)NC(C(=O)O)C(C)(C)C)C1. The second kappa shape index (κ2) is 5.16. The summed E-state index contributed by atoms with van der Waals surface area (Å²) in [5, 5.41) is 11.8. The summed E-state index contributed by atoms with van der Waals surface area (Å²) in [5.41, 5.74) is -0.504. The summed E-state index contributed by atoms with van der Waals surface area (Å²) in [6, 6.07) is -0.961. The van der Waals surface area contributed by atoms with Crippen LogP contribution in [0.15, 0.2) is 0 Å². The molecule has 18 heavy (non-hydrogen) atoms. The van der Waals surface area contributed by atoms with Crippen molar-refractivity contribution in [3.05, 3.63) is 0 Å². The van der Waals surface area contributed by atoms with Gasteiger partial charge in [0, 0.05) is 12.6 Å². The van der Waals surface area contributed by atoms with Crippen molar-refractivity contribution in [1.82, 2.24) is 10.2 Å². The molecule has 0 spiro atoms. The Bertz CT molecular complexity index is 336. The van der Waals surface area contributed by atoms with Crippen molar-refractivity contribution in [2.24, 2.45) is 11.3 Å². The number of hydrogen-bond donors (Lipinski definition) is 2. The van der Waals surface area contributed by atoms with Crippen LogP contribution < -0.4 is 5.32 Å². The van der Waals surface area contributed by atoms with Gasteiger partial charge in [-0.25, -0.2) is 9.59 Å². The lowest BCUT2D eigenvalue weighted by Crippen LogP contribution is -2.54. The van der Waals surface area contributed by atoms with E-state index in [2.05, 4.69) is 12.2 Å². The molecule has 1 aliphatic heterocycles. The molecule has 1 rings (SSSR count). The Morgan fingerprint density at radius 3 is 2.22 bits per heavy atom. The van der Waals surface area contributed by atoms with Gasteiger partial charge in [-0.1, -0.05) is 27.7 Å². The van der Waals surface area contributed by atoms with Gasteiger partial charge in [0.1, 0.15) is 6.04 Å². The van der Waals surface area contributed by atoms with E-state index in [4.69, 9.17) is 0 Å². The molecule has 3 atom stereocenters. The molecule has 0 aromatic carbocycles. The van der Waals surface area contributed by atoms with Crippen LogP contribution in [0, 0.1) is 11.3 Å². The molecule has 1 fully saturated rings. The summed E-state index contributed by atoms with van der Waals surface area (Å²) >= 11 is 0. The lowest BCUT2D eigenvalue weighted by atomic mass is 9.87. The van der Waals surface area contributed by atoms with Gasteiger partial charge in [0.05, 0.1) is 0 Å². The van der Waals surface area contributed by atoms with Crippen LogP contribution in [0.25, 0.3) is 0 Å². The Morgan fingerprint density at radius 2 is 1.89 bits per heavy atom. The third-order valence-electron chi connectivity index (χ3n) is 3.43. The average molecular weight is 256 g/mol. The topological polar surface area (TPSA) is 69.6 Å². The molecule has 1 heterocycles.